The molecule has 2 heterocycles. The van der Waals surface area contributed by atoms with E-state index in [4.69, 9.17) is 10.7 Å². The fourth-order valence-electron chi connectivity index (χ4n) is 1.74. The minimum Gasteiger partial charge on any atom is -0.375 e. The first-order valence-corrected chi connectivity index (χ1v) is 7.64. The van der Waals surface area contributed by atoms with Gasteiger partial charge in [-0.05, 0) is 20.5 Å². The molecule has 0 amide bonds. The molecule has 0 aliphatic carbocycles. The van der Waals surface area contributed by atoms with Gasteiger partial charge in [0.05, 0.1) is 16.3 Å². The molecule has 4 nitrogen and oxygen atoms in total. The van der Waals surface area contributed by atoms with Crippen LogP contribution < -0.4 is 5.73 Å². The van der Waals surface area contributed by atoms with Crippen LogP contribution in [0.4, 0.5) is 5.13 Å². The first-order valence-electron chi connectivity index (χ1n) is 5.94. The van der Waals surface area contributed by atoms with Gasteiger partial charge in [0.15, 0.2) is 5.13 Å². The molecule has 18 heavy (non-hydrogen) atoms. The number of aromatic nitrogens is 2. The lowest BCUT2D eigenvalue weighted by molar-refractivity contribution is 0.401. The molecule has 2 rings (SSSR count). The van der Waals surface area contributed by atoms with Crippen LogP contribution in [0.5, 0.6) is 0 Å². The number of nitrogen functional groups attached to an aromatic ring is 1. The summed E-state index contributed by atoms with van der Waals surface area (Å²) in [5.74, 6) is 0. The van der Waals surface area contributed by atoms with Gasteiger partial charge in [-0.15, -0.1) is 22.7 Å². The smallest absolute Gasteiger partial charge is 0.180 e. The van der Waals surface area contributed by atoms with Crippen molar-refractivity contribution in [3.63, 3.8) is 0 Å². The van der Waals surface area contributed by atoms with E-state index < -0.39 is 0 Å². The lowest BCUT2D eigenvalue weighted by Crippen LogP contribution is -2.10. The van der Waals surface area contributed by atoms with Gasteiger partial charge in [0, 0.05) is 11.9 Å². The van der Waals surface area contributed by atoms with E-state index >= 15 is 0 Å². The molecule has 0 saturated heterocycles. The Balaban J connectivity index is 2.34. The Hall–Kier alpha value is -0.980. The highest BCUT2D eigenvalue weighted by Gasteiger charge is 2.15. The van der Waals surface area contributed by atoms with Crippen molar-refractivity contribution in [2.75, 3.05) is 19.8 Å². The predicted molar refractivity (Wildman–Crippen MR) is 79.0 cm³/mol. The summed E-state index contributed by atoms with van der Waals surface area (Å²) in [4.78, 5) is 12.4. The maximum atomic E-state index is 5.71. The Bertz CT molecular complexity index is 516. The predicted octanol–water partition coefficient (Wildman–Crippen LogP) is 2.86. The first kappa shape index (κ1) is 13.5. The van der Waals surface area contributed by atoms with E-state index in [0.29, 0.717) is 5.13 Å². The molecule has 0 bridgehead atoms. The number of aryl methyl sites for hydroxylation is 1. The van der Waals surface area contributed by atoms with Crippen molar-refractivity contribution in [2.24, 2.45) is 0 Å². The molecule has 0 atom stereocenters. The molecule has 0 fully saturated rings. The number of thiazole rings is 2. The molecule has 0 aliphatic rings. The molecule has 0 saturated carbocycles. The summed E-state index contributed by atoms with van der Waals surface area (Å²) in [5.41, 5.74) is 7.84. The van der Waals surface area contributed by atoms with Gasteiger partial charge in [0.2, 0.25) is 0 Å². The number of nitrogens with zero attached hydrogens (tertiary/aromatic N) is 3. The number of nitrogens with two attached hydrogens (primary N) is 1. The van der Waals surface area contributed by atoms with Crippen molar-refractivity contribution >= 4 is 27.8 Å². The van der Waals surface area contributed by atoms with Gasteiger partial charge in [-0.1, -0.05) is 13.3 Å². The van der Waals surface area contributed by atoms with Gasteiger partial charge < -0.3 is 10.6 Å². The molecule has 2 aromatic heterocycles. The third kappa shape index (κ3) is 3.07. The summed E-state index contributed by atoms with van der Waals surface area (Å²) < 4.78 is 0. The van der Waals surface area contributed by atoms with Crippen molar-refractivity contribution in [1.82, 2.24) is 14.9 Å². The van der Waals surface area contributed by atoms with Crippen LogP contribution in [0.25, 0.3) is 10.6 Å². The maximum absolute atomic E-state index is 5.71. The van der Waals surface area contributed by atoms with Crippen molar-refractivity contribution < 1.29 is 0 Å². The number of rotatable bonds is 5. The largest absolute Gasteiger partial charge is 0.375 e. The molecular formula is C12H18N4S2. The molecule has 2 aromatic rings. The van der Waals surface area contributed by atoms with E-state index in [9.17, 15) is 0 Å². The molecule has 0 unspecified atom stereocenters. The standard InChI is InChI=1S/C12H18N4S2/c1-4-5-8-11(9-7-17-12(13)15-9)18-10(14-8)6-16(2)3/h7H,4-6H2,1-3H3,(H2,13,15). The third-order valence-electron chi connectivity index (χ3n) is 2.43. The second kappa shape index (κ2) is 5.77. The topological polar surface area (TPSA) is 55.0 Å². The maximum Gasteiger partial charge on any atom is 0.180 e. The zero-order valence-corrected chi connectivity index (χ0v) is 12.6. The van der Waals surface area contributed by atoms with E-state index in [-0.39, 0.29) is 0 Å². The monoisotopic (exact) mass is 282 g/mol. The first-order chi connectivity index (χ1) is 8.60. The summed E-state index contributed by atoms with van der Waals surface area (Å²) in [7, 11) is 4.11. The summed E-state index contributed by atoms with van der Waals surface area (Å²) in [6, 6.07) is 0. The molecule has 98 valence electrons. The Labute approximate surface area is 115 Å². The molecule has 6 heteroatoms. The van der Waals surface area contributed by atoms with Crippen LogP contribution in [0, 0.1) is 0 Å². The lowest BCUT2D eigenvalue weighted by atomic mass is 10.2. The summed E-state index contributed by atoms with van der Waals surface area (Å²) in [5, 5.41) is 3.78. The van der Waals surface area contributed by atoms with E-state index in [1.54, 1.807) is 11.3 Å². The Kier molecular flexibility index (Phi) is 4.31. The van der Waals surface area contributed by atoms with Gasteiger partial charge in [-0.25, -0.2) is 9.97 Å². The van der Waals surface area contributed by atoms with Gasteiger partial charge in [-0.2, -0.15) is 0 Å². The van der Waals surface area contributed by atoms with Crippen molar-refractivity contribution in [2.45, 2.75) is 26.3 Å². The Morgan fingerprint density at radius 1 is 1.33 bits per heavy atom. The van der Waals surface area contributed by atoms with Crippen molar-refractivity contribution in [3.8, 4) is 10.6 Å². The van der Waals surface area contributed by atoms with Crippen LogP contribution in [-0.2, 0) is 13.0 Å². The molecule has 2 N–H and O–H groups in total. The van der Waals surface area contributed by atoms with Crippen LogP contribution in [0.1, 0.15) is 24.0 Å². The lowest BCUT2D eigenvalue weighted by Gasteiger charge is -2.04. The fraction of sp³-hybridized carbons (Fsp3) is 0.500. The minimum absolute atomic E-state index is 0.620. The average molecular weight is 282 g/mol. The van der Waals surface area contributed by atoms with Crippen molar-refractivity contribution in [3.05, 3.63) is 16.1 Å². The highest BCUT2D eigenvalue weighted by atomic mass is 32.1. The fourth-order valence-corrected chi connectivity index (χ4v) is 3.55. The van der Waals surface area contributed by atoms with Crippen LogP contribution in [-0.4, -0.2) is 29.0 Å². The minimum atomic E-state index is 0.620. The molecule has 0 aromatic carbocycles. The second-order valence-electron chi connectivity index (χ2n) is 4.44. The molecule has 0 aliphatic heterocycles. The summed E-state index contributed by atoms with van der Waals surface area (Å²) in [6.07, 6.45) is 2.09. The molecular weight excluding hydrogens is 264 g/mol. The average Bonchev–Trinajstić information content (AvgIpc) is 2.85. The van der Waals surface area contributed by atoms with E-state index in [2.05, 4.69) is 30.9 Å². The van der Waals surface area contributed by atoms with E-state index in [1.165, 1.54) is 16.2 Å². The molecule has 0 radical (unpaired) electrons. The highest BCUT2D eigenvalue weighted by Crippen LogP contribution is 2.33. The SMILES string of the molecule is CCCc1nc(CN(C)C)sc1-c1csc(N)n1. The van der Waals surface area contributed by atoms with E-state index in [1.807, 2.05) is 5.38 Å². The van der Waals surface area contributed by atoms with Crippen molar-refractivity contribution in [1.29, 1.82) is 0 Å². The number of hydrogen-bond acceptors (Lipinski definition) is 6. The van der Waals surface area contributed by atoms with Crippen LogP contribution in [0.3, 0.4) is 0 Å². The van der Waals surface area contributed by atoms with Crippen LogP contribution in [0.15, 0.2) is 5.38 Å². The number of hydrogen-bond donors (Lipinski definition) is 1. The second-order valence-corrected chi connectivity index (χ2v) is 6.42. The van der Waals surface area contributed by atoms with Gasteiger partial charge in [0.25, 0.3) is 0 Å². The zero-order valence-electron chi connectivity index (χ0n) is 10.9. The Morgan fingerprint density at radius 2 is 2.11 bits per heavy atom. The van der Waals surface area contributed by atoms with Crippen LogP contribution in [0.2, 0.25) is 0 Å². The number of anilines is 1. The molecule has 0 spiro atoms. The van der Waals surface area contributed by atoms with Gasteiger partial charge in [0.1, 0.15) is 5.01 Å². The summed E-state index contributed by atoms with van der Waals surface area (Å²) >= 11 is 3.21. The van der Waals surface area contributed by atoms with Gasteiger partial charge in [-0.3, -0.25) is 0 Å². The van der Waals surface area contributed by atoms with E-state index in [0.717, 1.165) is 35.8 Å². The summed E-state index contributed by atoms with van der Waals surface area (Å²) in [6.45, 7) is 3.05. The zero-order chi connectivity index (χ0) is 13.1. The van der Waals surface area contributed by atoms with Crippen LogP contribution >= 0.6 is 22.7 Å². The normalized spacial score (nSPS) is 11.3. The third-order valence-corrected chi connectivity index (χ3v) is 4.21. The quantitative estimate of drug-likeness (QED) is 0.916. The van der Waals surface area contributed by atoms with Gasteiger partial charge >= 0.3 is 0 Å². The Morgan fingerprint density at radius 3 is 2.67 bits per heavy atom. The highest BCUT2D eigenvalue weighted by molar-refractivity contribution is 7.16.